The quantitative estimate of drug-likeness (QED) is 0.516. The van der Waals surface area contributed by atoms with Crippen molar-refractivity contribution in [2.24, 2.45) is 0 Å². The van der Waals surface area contributed by atoms with Crippen LogP contribution in [0, 0.1) is 0 Å². The minimum Gasteiger partial charge on any atom is -0.493 e. The average molecular weight is 314 g/mol. The van der Waals surface area contributed by atoms with Crippen LogP contribution in [0.4, 0.5) is 0 Å². The topological polar surface area (TPSA) is 27.7 Å². The van der Waals surface area contributed by atoms with Gasteiger partial charge < -0.3 is 14.2 Å². The van der Waals surface area contributed by atoms with Crippen molar-refractivity contribution in [1.82, 2.24) is 0 Å². The molecule has 23 heavy (non-hydrogen) atoms. The van der Waals surface area contributed by atoms with Crippen LogP contribution in [0.5, 0.6) is 23.0 Å². The van der Waals surface area contributed by atoms with E-state index in [1.807, 2.05) is 48.5 Å². The fourth-order valence-electron chi connectivity index (χ4n) is 2.05. The third-order valence-corrected chi connectivity index (χ3v) is 3.41. The molecule has 3 heteroatoms. The first-order valence-electron chi connectivity index (χ1n) is 8.46. The summed E-state index contributed by atoms with van der Waals surface area (Å²) < 4.78 is 17.6. The monoisotopic (exact) mass is 314 g/mol. The van der Waals surface area contributed by atoms with E-state index in [1.165, 1.54) is 0 Å². The van der Waals surface area contributed by atoms with Crippen molar-refractivity contribution in [3.63, 3.8) is 0 Å². The molecule has 0 fully saturated rings. The lowest BCUT2D eigenvalue weighted by Crippen LogP contribution is -2.00. The highest BCUT2D eigenvalue weighted by molar-refractivity contribution is 5.47. The fourth-order valence-corrected chi connectivity index (χ4v) is 2.05. The van der Waals surface area contributed by atoms with Crippen molar-refractivity contribution >= 4 is 0 Å². The smallest absolute Gasteiger partial charge is 0.172 e. The first kappa shape index (κ1) is 17.2. The summed E-state index contributed by atoms with van der Waals surface area (Å²) in [5.74, 6) is 3.05. The van der Waals surface area contributed by atoms with E-state index in [0.717, 1.165) is 49.5 Å². The van der Waals surface area contributed by atoms with Crippen LogP contribution in [0.1, 0.15) is 39.5 Å². The number of benzene rings is 2. The van der Waals surface area contributed by atoms with Crippen LogP contribution < -0.4 is 14.2 Å². The molecule has 0 N–H and O–H groups in total. The maximum absolute atomic E-state index is 5.98. The van der Waals surface area contributed by atoms with Gasteiger partial charge in [0.15, 0.2) is 11.5 Å². The summed E-state index contributed by atoms with van der Waals surface area (Å²) >= 11 is 0. The minimum absolute atomic E-state index is 0.692. The summed E-state index contributed by atoms with van der Waals surface area (Å²) in [5, 5.41) is 0. The van der Waals surface area contributed by atoms with Crippen molar-refractivity contribution in [1.29, 1.82) is 0 Å². The van der Waals surface area contributed by atoms with E-state index in [-0.39, 0.29) is 0 Å². The molecule has 2 rings (SSSR count). The van der Waals surface area contributed by atoms with Gasteiger partial charge in [-0.1, -0.05) is 44.9 Å². The Morgan fingerprint density at radius 3 is 2.09 bits per heavy atom. The van der Waals surface area contributed by atoms with Gasteiger partial charge in [-0.15, -0.1) is 0 Å². The Kier molecular flexibility index (Phi) is 7.31. The first-order valence-corrected chi connectivity index (χ1v) is 8.46. The van der Waals surface area contributed by atoms with Crippen LogP contribution in [0.2, 0.25) is 0 Å². The van der Waals surface area contributed by atoms with Gasteiger partial charge in [0.05, 0.1) is 13.2 Å². The third-order valence-electron chi connectivity index (χ3n) is 3.41. The van der Waals surface area contributed by atoms with Gasteiger partial charge in [-0.25, -0.2) is 0 Å². The molecule has 124 valence electrons. The maximum Gasteiger partial charge on any atom is 0.172 e. The zero-order valence-electron chi connectivity index (χ0n) is 14.1. The van der Waals surface area contributed by atoms with Gasteiger partial charge in [0.1, 0.15) is 11.5 Å². The molecule has 0 spiro atoms. The lowest BCUT2D eigenvalue weighted by Gasteiger charge is -2.14. The van der Waals surface area contributed by atoms with E-state index < -0.39 is 0 Å². The lowest BCUT2D eigenvalue weighted by molar-refractivity contribution is 0.288. The third kappa shape index (κ3) is 5.85. The molecular formula is C20H26O3. The average Bonchev–Trinajstić information content (AvgIpc) is 2.58. The number of ether oxygens (including phenoxy) is 3. The largest absolute Gasteiger partial charge is 0.493 e. The zero-order chi connectivity index (χ0) is 16.3. The highest BCUT2D eigenvalue weighted by Crippen LogP contribution is 2.35. The Labute approximate surface area is 139 Å². The van der Waals surface area contributed by atoms with E-state index in [0.29, 0.717) is 12.4 Å². The number of unbranched alkanes of at least 4 members (excludes halogenated alkanes) is 2. The van der Waals surface area contributed by atoms with Gasteiger partial charge in [0.25, 0.3) is 0 Å². The molecule has 0 aromatic heterocycles. The number of rotatable bonds is 10. The van der Waals surface area contributed by atoms with Crippen molar-refractivity contribution < 1.29 is 14.2 Å². The van der Waals surface area contributed by atoms with Gasteiger partial charge >= 0.3 is 0 Å². The summed E-state index contributed by atoms with van der Waals surface area (Å²) in [5.41, 5.74) is 0. The predicted octanol–water partition coefficient (Wildman–Crippen LogP) is 5.84. The Hall–Kier alpha value is -2.16. The second-order valence-electron chi connectivity index (χ2n) is 5.43. The molecule has 0 aliphatic heterocycles. The molecule has 0 radical (unpaired) electrons. The molecule has 0 bridgehead atoms. The van der Waals surface area contributed by atoms with Crippen LogP contribution in [0.15, 0.2) is 48.5 Å². The summed E-state index contributed by atoms with van der Waals surface area (Å²) in [6.45, 7) is 5.71. The van der Waals surface area contributed by atoms with Crippen LogP contribution >= 0.6 is 0 Å². The molecule has 0 atom stereocenters. The molecule has 2 aromatic rings. The van der Waals surface area contributed by atoms with Gasteiger partial charge in [-0.3, -0.25) is 0 Å². The van der Waals surface area contributed by atoms with Crippen LogP contribution in [0.3, 0.4) is 0 Å². The van der Waals surface area contributed by atoms with E-state index in [9.17, 15) is 0 Å². The Morgan fingerprint density at radius 2 is 1.39 bits per heavy atom. The molecule has 0 amide bonds. The predicted molar refractivity (Wildman–Crippen MR) is 93.8 cm³/mol. The van der Waals surface area contributed by atoms with E-state index in [2.05, 4.69) is 13.8 Å². The Morgan fingerprint density at radius 1 is 0.696 bits per heavy atom. The number of para-hydroxylation sites is 1. The molecule has 0 unspecified atom stereocenters. The first-order chi connectivity index (χ1) is 11.3. The Balaban J connectivity index is 2.12. The van der Waals surface area contributed by atoms with Crippen molar-refractivity contribution in [3.8, 4) is 23.0 Å². The molecule has 2 aromatic carbocycles. The van der Waals surface area contributed by atoms with Gasteiger partial charge in [-0.2, -0.15) is 0 Å². The van der Waals surface area contributed by atoms with Crippen molar-refractivity contribution in [2.75, 3.05) is 13.2 Å². The number of hydrogen-bond acceptors (Lipinski definition) is 3. The van der Waals surface area contributed by atoms with Crippen molar-refractivity contribution in [3.05, 3.63) is 48.5 Å². The van der Waals surface area contributed by atoms with E-state index in [1.54, 1.807) is 0 Å². The molecule has 0 aliphatic carbocycles. The van der Waals surface area contributed by atoms with Crippen LogP contribution in [-0.4, -0.2) is 13.2 Å². The Bertz CT molecular complexity index is 566. The molecule has 0 saturated heterocycles. The van der Waals surface area contributed by atoms with E-state index >= 15 is 0 Å². The normalized spacial score (nSPS) is 10.3. The fraction of sp³-hybridized carbons (Fsp3) is 0.400. The van der Waals surface area contributed by atoms with Gasteiger partial charge in [0, 0.05) is 6.07 Å². The molecule has 3 nitrogen and oxygen atoms in total. The second-order valence-corrected chi connectivity index (χ2v) is 5.43. The van der Waals surface area contributed by atoms with Crippen LogP contribution in [0.25, 0.3) is 0 Å². The highest BCUT2D eigenvalue weighted by Gasteiger charge is 2.09. The molecule has 0 heterocycles. The standard InChI is InChI=1S/C20H26O3/c1-3-5-14-21-18-12-13-19(22-15-6-4-2)20(16-18)23-17-10-8-7-9-11-17/h7-13,16H,3-6,14-15H2,1-2H3. The van der Waals surface area contributed by atoms with Gasteiger partial charge in [0.2, 0.25) is 0 Å². The van der Waals surface area contributed by atoms with E-state index in [4.69, 9.17) is 14.2 Å². The summed E-state index contributed by atoms with van der Waals surface area (Å²) in [6, 6.07) is 15.5. The van der Waals surface area contributed by atoms with Crippen molar-refractivity contribution in [2.45, 2.75) is 39.5 Å². The number of hydrogen-bond donors (Lipinski definition) is 0. The summed E-state index contributed by atoms with van der Waals surface area (Å²) in [6.07, 6.45) is 4.29. The minimum atomic E-state index is 0.692. The maximum atomic E-state index is 5.98. The summed E-state index contributed by atoms with van der Waals surface area (Å²) in [7, 11) is 0. The SMILES string of the molecule is CCCCOc1ccc(OCCCC)c(Oc2ccccc2)c1. The van der Waals surface area contributed by atoms with Gasteiger partial charge in [-0.05, 0) is 37.1 Å². The second kappa shape index (κ2) is 9.78. The van der Waals surface area contributed by atoms with Crippen LogP contribution in [-0.2, 0) is 0 Å². The summed E-state index contributed by atoms with van der Waals surface area (Å²) in [4.78, 5) is 0. The lowest BCUT2D eigenvalue weighted by atomic mass is 10.3. The molecular weight excluding hydrogens is 288 g/mol. The highest BCUT2D eigenvalue weighted by atomic mass is 16.5. The molecule has 0 aliphatic rings. The molecule has 0 saturated carbocycles. The zero-order valence-corrected chi connectivity index (χ0v) is 14.1.